The molecule has 2 rings (SSSR count). The molecule has 3 N–H and O–H groups in total. The normalized spacial score (nSPS) is 22.8. The molecule has 2 atom stereocenters. The summed E-state index contributed by atoms with van der Waals surface area (Å²) in [7, 11) is 0. The zero-order valence-corrected chi connectivity index (χ0v) is 12.6. The number of piperidine rings is 1. The van der Waals surface area contributed by atoms with Gasteiger partial charge < -0.3 is 11.1 Å². The summed E-state index contributed by atoms with van der Waals surface area (Å²) >= 11 is 0. The number of primary amides is 1. The molecule has 0 aromatic heterocycles. The maximum absolute atomic E-state index is 12.1. The first-order chi connectivity index (χ1) is 9.94. The Morgan fingerprint density at radius 3 is 2.29 bits per heavy atom. The van der Waals surface area contributed by atoms with Crippen molar-refractivity contribution in [2.45, 2.75) is 20.3 Å². The third-order valence-corrected chi connectivity index (χ3v) is 3.76. The number of carbonyl (C=O) groups excluding carboxylic acids is 2. The summed E-state index contributed by atoms with van der Waals surface area (Å²) in [4.78, 5) is 25.3. The number of nitrogens with zero attached hydrogens (tertiary/aromatic N) is 1. The first kappa shape index (κ1) is 15.5. The molecule has 1 saturated heterocycles. The third-order valence-electron chi connectivity index (χ3n) is 3.76. The second kappa shape index (κ2) is 6.72. The first-order valence-corrected chi connectivity index (χ1v) is 7.36. The summed E-state index contributed by atoms with van der Waals surface area (Å²) in [6.45, 7) is 6.80. The van der Waals surface area contributed by atoms with Crippen LogP contribution in [-0.2, 0) is 4.79 Å². The summed E-state index contributed by atoms with van der Waals surface area (Å²) in [6, 6.07) is 6.62. The van der Waals surface area contributed by atoms with Gasteiger partial charge in [0.1, 0.15) is 0 Å². The van der Waals surface area contributed by atoms with Crippen LogP contribution in [0.5, 0.6) is 0 Å². The van der Waals surface area contributed by atoms with E-state index in [0.29, 0.717) is 29.6 Å². The summed E-state index contributed by atoms with van der Waals surface area (Å²) in [5.41, 5.74) is 6.30. The van der Waals surface area contributed by atoms with Crippen LogP contribution >= 0.6 is 0 Å². The standard InChI is InChI=1S/C16H23N3O2/c1-11-7-12(2)9-19(8-11)10-15(20)18-14-5-3-13(4-6-14)16(17)21/h3-6,11-12H,7-10H2,1-2H3,(H2,17,21)(H,18,20). The Bertz CT molecular complexity index is 503. The number of amides is 2. The minimum absolute atomic E-state index is 0.0249. The van der Waals surface area contributed by atoms with Gasteiger partial charge in [0.15, 0.2) is 0 Å². The lowest BCUT2D eigenvalue weighted by Crippen LogP contribution is -2.42. The van der Waals surface area contributed by atoms with E-state index >= 15 is 0 Å². The van der Waals surface area contributed by atoms with Gasteiger partial charge in [-0.05, 0) is 42.5 Å². The summed E-state index contributed by atoms with van der Waals surface area (Å²) in [5, 5.41) is 2.85. The van der Waals surface area contributed by atoms with Gasteiger partial charge in [0, 0.05) is 24.3 Å². The van der Waals surface area contributed by atoms with Crippen LogP contribution in [0, 0.1) is 11.8 Å². The number of hydrogen-bond acceptors (Lipinski definition) is 3. The van der Waals surface area contributed by atoms with E-state index in [1.54, 1.807) is 24.3 Å². The van der Waals surface area contributed by atoms with Crippen LogP contribution in [-0.4, -0.2) is 36.3 Å². The molecule has 21 heavy (non-hydrogen) atoms. The molecule has 2 unspecified atom stereocenters. The molecule has 5 nitrogen and oxygen atoms in total. The number of nitrogens with one attached hydrogen (secondary N) is 1. The molecule has 0 bridgehead atoms. The van der Waals surface area contributed by atoms with Crippen molar-refractivity contribution in [1.82, 2.24) is 4.90 Å². The van der Waals surface area contributed by atoms with Gasteiger partial charge in [-0.15, -0.1) is 0 Å². The van der Waals surface area contributed by atoms with Crippen molar-refractivity contribution < 1.29 is 9.59 Å². The second-order valence-electron chi connectivity index (χ2n) is 6.13. The molecule has 1 aromatic carbocycles. The fourth-order valence-electron chi connectivity index (χ4n) is 3.04. The second-order valence-corrected chi connectivity index (χ2v) is 6.13. The molecule has 1 heterocycles. The van der Waals surface area contributed by atoms with Crippen molar-refractivity contribution in [1.29, 1.82) is 0 Å². The van der Waals surface area contributed by atoms with E-state index in [4.69, 9.17) is 5.73 Å². The number of hydrogen-bond donors (Lipinski definition) is 2. The number of anilines is 1. The predicted molar refractivity (Wildman–Crippen MR) is 83.0 cm³/mol. The summed E-state index contributed by atoms with van der Waals surface area (Å²) in [5.74, 6) is 0.778. The lowest BCUT2D eigenvalue weighted by Gasteiger charge is -2.34. The fraction of sp³-hybridized carbons (Fsp3) is 0.500. The molecule has 0 radical (unpaired) electrons. The Morgan fingerprint density at radius 1 is 1.19 bits per heavy atom. The Hall–Kier alpha value is -1.88. The average Bonchev–Trinajstić information content (AvgIpc) is 2.37. The average molecular weight is 289 g/mol. The van der Waals surface area contributed by atoms with Gasteiger partial charge in [-0.2, -0.15) is 0 Å². The van der Waals surface area contributed by atoms with Crippen LogP contribution in [0.1, 0.15) is 30.6 Å². The van der Waals surface area contributed by atoms with Gasteiger partial charge >= 0.3 is 0 Å². The minimum atomic E-state index is -0.468. The van der Waals surface area contributed by atoms with Crippen LogP contribution in [0.4, 0.5) is 5.69 Å². The maximum Gasteiger partial charge on any atom is 0.248 e. The largest absolute Gasteiger partial charge is 0.366 e. The van der Waals surface area contributed by atoms with Gasteiger partial charge in [-0.3, -0.25) is 14.5 Å². The van der Waals surface area contributed by atoms with E-state index in [9.17, 15) is 9.59 Å². The zero-order valence-electron chi connectivity index (χ0n) is 12.6. The van der Waals surface area contributed by atoms with Crippen molar-refractivity contribution in [2.75, 3.05) is 25.0 Å². The topological polar surface area (TPSA) is 75.4 Å². The minimum Gasteiger partial charge on any atom is -0.366 e. The highest BCUT2D eigenvalue weighted by atomic mass is 16.2. The molecule has 0 spiro atoms. The van der Waals surface area contributed by atoms with E-state index in [2.05, 4.69) is 24.1 Å². The fourth-order valence-corrected chi connectivity index (χ4v) is 3.04. The molecule has 2 amide bonds. The molecule has 5 heteroatoms. The highest BCUT2D eigenvalue weighted by Gasteiger charge is 2.23. The molecule has 1 aromatic rings. The number of nitrogens with two attached hydrogens (primary N) is 1. The van der Waals surface area contributed by atoms with Gasteiger partial charge in [0.25, 0.3) is 0 Å². The van der Waals surface area contributed by atoms with Crippen LogP contribution in [0.3, 0.4) is 0 Å². The zero-order chi connectivity index (χ0) is 15.4. The van der Waals surface area contributed by atoms with Crippen molar-refractivity contribution >= 4 is 17.5 Å². The smallest absolute Gasteiger partial charge is 0.248 e. The van der Waals surface area contributed by atoms with Crippen molar-refractivity contribution in [3.63, 3.8) is 0 Å². The molecular formula is C16H23N3O2. The van der Waals surface area contributed by atoms with E-state index in [0.717, 1.165) is 13.1 Å². The number of likely N-dealkylation sites (tertiary alicyclic amines) is 1. The van der Waals surface area contributed by atoms with E-state index < -0.39 is 5.91 Å². The lowest BCUT2D eigenvalue weighted by molar-refractivity contribution is -0.117. The summed E-state index contributed by atoms with van der Waals surface area (Å²) in [6.07, 6.45) is 1.23. The van der Waals surface area contributed by atoms with Crippen LogP contribution in [0.15, 0.2) is 24.3 Å². The van der Waals surface area contributed by atoms with Crippen molar-refractivity contribution in [3.8, 4) is 0 Å². The molecule has 0 saturated carbocycles. The molecule has 1 fully saturated rings. The number of benzene rings is 1. The van der Waals surface area contributed by atoms with E-state index in [1.807, 2.05) is 0 Å². The Kier molecular flexibility index (Phi) is 4.96. The first-order valence-electron chi connectivity index (χ1n) is 7.36. The maximum atomic E-state index is 12.1. The van der Waals surface area contributed by atoms with Gasteiger partial charge in [-0.25, -0.2) is 0 Å². The van der Waals surface area contributed by atoms with E-state index in [1.165, 1.54) is 6.42 Å². The van der Waals surface area contributed by atoms with Gasteiger partial charge in [0.2, 0.25) is 11.8 Å². The van der Waals surface area contributed by atoms with Crippen molar-refractivity contribution in [3.05, 3.63) is 29.8 Å². The van der Waals surface area contributed by atoms with Crippen LogP contribution in [0.25, 0.3) is 0 Å². The Balaban J connectivity index is 1.88. The summed E-state index contributed by atoms with van der Waals surface area (Å²) < 4.78 is 0. The Labute approximate surface area is 125 Å². The predicted octanol–water partition coefficient (Wildman–Crippen LogP) is 1.70. The van der Waals surface area contributed by atoms with Crippen molar-refractivity contribution in [2.24, 2.45) is 17.6 Å². The third kappa shape index (κ3) is 4.56. The molecule has 1 aliphatic heterocycles. The monoisotopic (exact) mass is 289 g/mol. The highest BCUT2D eigenvalue weighted by molar-refractivity contribution is 5.95. The number of carbonyl (C=O) groups is 2. The Morgan fingerprint density at radius 2 is 1.76 bits per heavy atom. The lowest BCUT2D eigenvalue weighted by atomic mass is 9.92. The number of rotatable bonds is 4. The van der Waals surface area contributed by atoms with Gasteiger partial charge in [-0.1, -0.05) is 13.8 Å². The molecule has 114 valence electrons. The quantitative estimate of drug-likeness (QED) is 0.886. The van der Waals surface area contributed by atoms with Crippen LogP contribution < -0.4 is 11.1 Å². The molecule has 0 aliphatic carbocycles. The highest BCUT2D eigenvalue weighted by Crippen LogP contribution is 2.20. The SMILES string of the molecule is CC1CC(C)CN(CC(=O)Nc2ccc(C(N)=O)cc2)C1. The molecule has 1 aliphatic rings. The van der Waals surface area contributed by atoms with Gasteiger partial charge in [0.05, 0.1) is 6.54 Å². The van der Waals surface area contributed by atoms with Crippen LogP contribution in [0.2, 0.25) is 0 Å². The van der Waals surface area contributed by atoms with E-state index in [-0.39, 0.29) is 5.91 Å². The molecular weight excluding hydrogens is 266 g/mol.